The van der Waals surface area contributed by atoms with Gasteiger partial charge < -0.3 is 9.47 Å². The molecule has 0 heterocycles. The van der Waals surface area contributed by atoms with Crippen LogP contribution >= 0.6 is 0 Å². The summed E-state index contributed by atoms with van der Waals surface area (Å²) < 4.78 is 10.6. The summed E-state index contributed by atoms with van der Waals surface area (Å²) in [7, 11) is 0. The summed E-state index contributed by atoms with van der Waals surface area (Å²) in [5.41, 5.74) is 0. The SMILES string of the molecule is CC#CCOCCCCCCCCCCCCOC(=O)C1CC1. The molecule has 0 N–H and O–H groups in total. The van der Waals surface area contributed by atoms with Gasteiger partial charge in [-0.15, -0.1) is 5.92 Å². The van der Waals surface area contributed by atoms with Crippen LogP contribution in [0.1, 0.15) is 84.0 Å². The van der Waals surface area contributed by atoms with E-state index in [1.165, 1.54) is 51.4 Å². The Balaban J connectivity index is 1.66. The van der Waals surface area contributed by atoms with Gasteiger partial charge in [0.2, 0.25) is 0 Å². The molecule has 0 unspecified atom stereocenters. The number of hydrogen-bond acceptors (Lipinski definition) is 3. The van der Waals surface area contributed by atoms with Gasteiger partial charge in [0.15, 0.2) is 0 Å². The average Bonchev–Trinajstić information content (AvgIpc) is 3.39. The van der Waals surface area contributed by atoms with Crippen molar-refractivity contribution >= 4 is 5.97 Å². The van der Waals surface area contributed by atoms with Gasteiger partial charge in [0.25, 0.3) is 0 Å². The maximum Gasteiger partial charge on any atom is 0.308 e. The molecule has 1 aliphatic carbocycles. The number of carbonyl (C=O) groups is 1. The highest BCUT2D eigenvalue weighted by Gasteiger charge is 2.30. The van der Waals surface area contributed by atoms with Gasteiger partial charge in [0.05, 0.1) is 12.5 Å². The largest absolute Gasteiger partial charge is 0.465 e. The zero-order chi connectivity index (χ0) is 16.6. The maximum absolute atomic E-state index is 11.3. The lowest BCUT2D eigenvalue weighted by molar-refractivity contribution is -0.145. The molecule has 0 aromatic carbocycles. The fourth-order valence-electron chi connectivity index (χ4n) is 2.53. The van der Waals surface area contributed by atoms with Crippen LogP contribution in [0.4, 0.5) is 0 Å². The molecule has 1 fully saturated rings. The summed E-state index contributed by atoms with van der Waals surface area (Å²) in [4.78, 5) is 11.3. The van der Waals surface area contributed by atoms with Crippen LogP contribution in [0.3, 0.4) is 0 Å². The Morgan fingerprint density at radius 1 is 0.870 bits per heavy atom. The molecule has 0 spiro atoms. The summed E-state index contributed by atoms with van der Waals surface area (Å²) in [6, 6.07) is 0. The Kier molecular flexibility index (Phi) is 12.7. The highest BCUT2D eigenvalue weighted by atomic mass is 16.5. The van der Waals surface area contributed by atoms with Crippen molar-refractivity contribution in [3.63, 3.8) is 0 Å². The van der Waals surface area contributed by atoms with E-state index in [2.05, 4.69) is 11.8 Å². The molecular formula is C20H34O3. The van der Waals surface area contributed by atoms with Crippen LogP contribution in [0.2, 0.25) is 0 Å². The molecule has 0 saturated heterocycles. The number of rotatable bonds is 15. The standard InChI is InChI=1S/C20H34O3/c1-2-3-16-22-17-12-10-8-6-4-5-7-9-11-13-18-23-20(21)19-14-15-19/h19H,4-18H2,1H3. The summed E-state index contributed by atoms with van der Waals surface area (Å²) in [6.45, 7) is 3.89. The molecule has 3 heteroatoms. The van der Waals surface area contributed by atoms with Crippen LogP contribution in [-0.2, 0) is 14.3 Å². The smallest absolute Gasteiger partial charge is 0.308 e. The molecule has 0 bridgehead atoms. The minimum Gasteiger partial charge on any atom is -0.465 e. The predicted molar refractivity (Wildman–Crippen MR) is 94.1 cm³/mol. The van der Waals surface area contributed by atoms with Crippen molar-refractivity contribution in [1.82, 2.24) is 0 Å². The first-order valence-corrected chi connectivity index (χ1v) is 9.48. The fraction of sp³-hybridized carbons (Fsp3) is 0.850. The Morgan fingerprint density at radius 2 is 1.39 bits per heavy atom. The first-order valence-electron chi connectivity index (χ1n) is 9.48. The molecule has 23 heavy (non-hydrogen) atoms. The van der Waals surface area contributed by atoms with E-state index in [0.717, 1.165) is 32.3 Å². The Morgan fingerprint density at radius 3 is 1.91 bits per heavy atom. The van der Waals surface area contributed by atoms with Crippen molar-refractivity contribution in [2.24, 2.45) is 5.92 Å². The topological polar surface area (TPSA) is 35.5 Å². The van der Waals surface area contributed by atoms with E-state index in [9.17, 15) is 4.79 Å². The van der Waals surface area contributed by atoms with Gasteiger partial charge in [-0.2, -0.15) is 0 Å². The third kappa shape index (κ3) is 13.2. The number of carbonyl (C=O) groups excluding carboxylic acids is 1. The van der Waals surface area contributed by atoms with E-state index >= 15 is 0 Å². The summed E-state index contributed by atoms with van der Waals surface area (Å²) >= 11 is 0. The molecule has 0 aliphatic heterocycles. The van der Waals surface area contributed by atoms with Gasteiger partial charge in [-0.05, 0) is 32.6 Å². The fourth-order valence-corrected chi connectivity index (χ4v) is 2.53. The van der Waals surface area contributed by atoms with Crippen LogP contribution in [0.15, 0.2) is 0 Å². The zero-order valence-corrected chi connectivity index (χ0v) is 14.9. The van der Waals surface area contributed by atoms with Crippen LogP contribution in [0, 0.1) is 17.8 Å². The third-order valence-electron chi connectivity index (χ3n) is 4.19. The second-order valence-electron chi connectivity index (χ2n) is 6.46. The Bertz CT molecular complexity index is 350. The third-order valence-corrected chi connectivity index (χ3v) is 4.19. The van der Waals surface area contributed by atoms with E-state index in [1.54, 1.807) is 0 Å². The molecule has 0 aromatic heterocycles. The minimum absolute atomic E-state index is 0.0358. The number of unbranched alkanes of at least 4 members (excludes halogenated alkanes) is 9. The number of hydrogen-bond donors (Lipinski definition) is 0. The van der Waals surface area contributed by atoms with Gasteiger partial charge in [0.1, 0.15) is 6.61 Å². The van der Waals surface area contributed by atoms with Crippen LogP contribution in [0.5, 0.6) is 0 Å². The lowest BCUT2D eigenvalue weighted by Crippen LogP contribution is -2.07. The van der Waals surface area contributed by atoms with E-state index < -0.39 is 0 Å². The average molecular weight is 322 g/mol. The molecular weight excluding hydrogens is 288 g/mol. The molecule has 132 valence electrons. The zero-order valence-electron chi connectivity index (χ0n) is 14.9. The van der Waals surface area contributed by atoms with E-state index in [0.29, 0.717) is 13.2 Å². The van der Waals surface area contributed by atoms with Crippen molar-refractivity contribution < 1.29 is 14.3 Å². The molecule has 0 amide bonds. The van der Waals surface area contributed by atoms with Crippen molar-refractivity contribution in [1.29, 1.82) is 0 Å². The van der Waals surface area contributed by atoms with Crippen molar-refractivity contribution in [3.05, 3.63) is 0 Å². The predicted octanol–water partition coefficient (Wildman–Crippen LogP) is 4.88. The van der Waals surface area contributed by atoms with E-state index in [4.69, 9.17) is 9.47 Å². The van der Waals surface area contributed by atoms with Crippen molar-refractivity contribution in [2.75, 3.05) is 19.8 Å². The number of ether oxygens (including phenoxy) is 2. The molecule has 0 radical (unpaired) electrons. The minimum atomic E-state index is 0.0358. The lowest BCUT2D eigenvalue weighted by atomic mass is 10.1. The highest BCUT2D eigenvalue weighted by molar-refractivity contribution is 5.74. The highest BCUT2D eigenvalue weighted by Crippen LogP contribution is 2.30. The second-order valence-corrected chi connectivity index (χ2v) is 6.46. The van der Waals surface area contributed by atoms with Crippen LogP contribution < -0.4 is 0 Å². The number of esters is 1. The van der Waals surface area contributed by atoms with Gasteiger partial charge in [-0.3, -0.25) is 4.79 Å². The summed E-state index contributed by atoms with van der Waals surface area (Å²) in [5, 5.41) is 0. The van der Waals surface area contributed by atoms with E-state index in [-0.39, 0.29) is 11.9 Å². The molecule has 1 rings (SSSR count). The second kappa shape index (κ2) is 14.6. The van der Waals surface area contributed by atoms with Crippen molar-refractivity contribution in [2.45, 2.75) is 84.0 Å². The van der Waals surface area contributed by atoms with Crippen LogP contribution in [-0.4, -0.2) is 25.8 Å². The quantitative estimate of drug-likeness (QED) is 0.245. The summed E-state index contributed by atoms with van der Waals surface area (Å²) in [6.07, 6.45) is 14.7. The Labute approximate surface area is 142 Å². The normalized spacial score (nSPS) is 13.4. The van der Waals surface area contributed by atoms with Crippen LogP contribution in [0.25, 0.3) is 0 Å². The molecule has 0 atom stereocenters. The Hall–Kier alpha value is -1.01. The maximum atomic E-state index is 11.3. The van der Waals surface area contributed by atoms with Gasteiger partial charge in [0, 0.05) is 6.61 Å². The molecule has 1 saturated carbocycles. The van der Waals surface area contributed by atoms with Crippen molar-refractivity contribution in [3.8, 4) is 11.8 Å². The van der Waals surface area contributed by atoms with Gasteiger partial charge in [-0.1, -0.05) is 57.3 Å². The molecule has 3 nitrogen and oxygen atoms in total. The van der Waals surface area contributed by atoms with Gasteiger partial charge >= 0.3 is 5.97 Å². The molecule has 1 aliphatic rings. The monoisotopic (exact) mass is 322 g/mol. The van der Waals surface area contributed by atoms with Gasteiger partial charge in [-0.25, -0.2) is 0 Å². The van der Waals surface area contributed by atoms with E-state index in [1.807, 2.05) is 6.92 Å². The summed E-state index contributed by atoms with van der Waals surface area (Å²) in [5.74, 6) is 6.02. The first-order chi connectivity index (χ1) is 11.3. The lowest BCUT2D eigenvalue weighted by Gasteiger charge is -2.04. The molecule has 0 aromatic rings. The first kappa shape index (κ1) is 20.0.